The Labute approximate surface area is 336 Å². The summed E-state index contributed by atoms with van der Waals surface area (Å²) in [7, 11) is 2.39. The summed E-state index contributed by atoms with van der Waals surface area (Å²) >= 11 is 0. The van der Waals surface area contributed by atoms with Crippen LogP contribution in [0.5, 0.6) is 0 Å². The topological polar surface area (TPSA) is 33.3 Å². The molecule has 1 aliphatic heterocycles. The van der Waals surface area contributed by atoms with E-state index in [1.165, 1.54) is 43.6 Å². The first-order valence-corrected chi connectivity index (χ1v) is 19.8. The van der Waals surface area contributed by atoms with Gasteiger partial charge in [-0.3, -0.25) is 0 Å². The highest BCUT2D eigenvalue weighted by atomic mass is 16.3. The fourth-order valence-corrected chi connectivity index (χ4v) is 9.20. The van der Waals surface area contributed by atoms with Crippen LogP contribution in [0, 0.1) is 6.92 Å². The predicted octanol–water partition coefficient (Wildman–Crippen LogP) is 13.0. The van der Waals surface area contributed by atoms with E-state index in [1.807, 2.05) is 6.07 Å². The van der Waals surface area contributed by atoms with Crippen LogP contribution in [0.1, 0.15) is 5.56 Å². The number of nitrogens with one attached hydrogen (secondary N) is 1. The molecule has 0 unspecified atom stereocenters. The molecular weight excluding hydrogens is 705 g/mol. The van der Waals surface area contributed by atoms with Crippen molar-refractivity contribution in [2.24, 2.45) is 0 Å². The maximum atomic E-state index is 6.53. The molecule has 58 heavy (non-hydrogen) atoms. The number of aryl methyl sites for hydroxylation is 1. The zero-order chi connectivity index (χ0) is 38.3. The van der Waals surface area contributed by atoms with Crippen molar-refractivity contribution in [2.75, 3.05) is 10.2 Å². The van der Waals surface area contributed by atoms with E-state index >= 15 is 0 Å². The number of aromatic nitrogens is 1. The summed E-state index contributed by atoms with van der Waals surface area (Å²) in [5.41, 5.74) is 16.5. The van der Waals surface area contributed by atoms with Gasteiger partial charge in [0, 0.05) is 60.9 Å². The second-order valence-electron chi connectivity index (χ2n) is 15.3. The standard InChI is InChI=1S/C53H35BN3O/c1-33-24-27-35(28-25-33)55-45-22-12-10-20-39(45)43-31-47(56(36-15-4-2-5-16-36)37-17-6-3-7-18-37)50-41-29-26-34-14-8-9-19-38(34)52(41)57-46-30-42-40-21-11-13-23-48(40)58-49(42)32-44(46)54-51(43)53(50)57/h2-32,55H,1H3. The van der Waals surface area contributed by atoms with Gasteiger partial charge in [-0.25, -0.2) is 0 Å². The van der Waals surface area contributed by atoms with Crippen molar-refractivity contribution in [1.82, 2.24) is 4.57 Å². The summed E-state index contributed by atoms with van der Waals surface area (Å²) in [6.07, 6.45) is 0. The normalized spacial score (nSPS) is 12.0. The number of rotatable bonds is 6. The van der Waals surface area contributed by atoms with Crippen LogP contribution in [0.3, 0.4) is 0 Å². The Morgan fingerprint density at radius 3 is 2.02 bits per heavy atom. The highest BCUT2D eigenvalue weighted by Gasteiger charge is 2.32. The number of fused-ring (bicyclic) bond motifs is 10. The Kier molecular flexibility index (Phi) is 7.20. The minimum Gasteiger partial charge on any atom is -0.456 e. The van der Waals surface area contributed by atoms with Gasteiger partial charge in [0.15, 0.2) is 7.28 Å². The smallest absolute Gasteiger partial charge is 0.198 e. The van der Waals surface area contributed by atoms with Crippen LogP contribution >= 0.6 is 0 Å². The van der Waals surface area contributed by atoms with Gasteiger partial charge in [-0.1, -0.05) is 132 Å². The van der Waals surface area contributed by atoms with Crippen molar-refractivity contribution in [3.05, 3.63) is 194 Å². The van der Waals surface area contributed by atoms with Gasteiger partial charge in [-0.05, 0) is 90.1 Å². The molecule has 0 fully saturated rings. The van der Waals surface area contributed by atoms with Crippen LogP contribution in [-0.2, 0) is 0 Å². The van der Waals surface area contributed by atoms with Crippen molar-refractivity contribution in [2.45, 2.75) is 6.92 Å². The minimum absolute atomic E-state index is 0.885. The molecule has 271 valence electrons. The second-order valence-corrected chi connectivity index (χ2v) is 15.3. The summed E-state index contributed by atoms with van der Waals surface area (Å²) in [5.74, 6) is 0. The molecule has 12 rings (SSSR count). The van der Waals surface area contributed by atoms with E-state index in [0.717, 1.165) is 72.7 Å². The van der Waals surface area contributed by atoms with Gasteiger partial charge < -0.3 is 19.2 Å². The third kappa shape index (κ3) is 4.96. The minimum atomic E-state index is 0.885. The molecular formula is C53H35BN3O. The lowest BCUT2D eigenvalue weighted by Gasteiger charge is -2.30. The van der Waals surface area contributed by atoms with E-state index in [1.54, 1.807) is 0 Å². The third-order valence-corrected chi connectivity index (χ3v) is 11.8. The Balaban J connectivity index is 1.26. The van der Waals surface area contributed by atoms with Gasteiger partial charge in [0.25, 0.3) is 0 Å². The van der Waals surface area contributed by atoms with E-state index in [-0.39, 0.29) is 0 Å². The van der Waals surface area contributed by atoms with Crippen molar-refractivity contribution in [3.63, 3.8) is 0 Å². The summed E-state index contributed by atoms with van der Waals surface area (Å²) in [6.45, 7) is 2.12. The van der Waals surface area contributed by atoms with Gasteiger partial charge in [0.2, 0.25) is 0 Å². The molecule has 9 aromatic carbocycles. The van der Waals surface area contributed by atoms with Crippen molar-refractivity contribution in [3.8, 4) is 16.8 Å². The van der Waals surface area contributed by atoms with Crippen molar-refractivity contribution >= 4 is 101 Å². The fourth-order valence-electron chi connectivity index (χ4n) is 9.20. The van der Waals surface area contributed by atoms with Gasteiger partial charge >= 0.3 is 0 Å². The Bertz CT molecular complexity index is 3360. The molecule has 1 radical (unpaired) electrons. The first-order chi connectivity index (χ1) is 28.7. The van der Waals surface area contributed by atoms with Crippen LogP contribution in [0.25, 0.3) is 71.3 Å². The summed E-state index contributed by atoms with van der Waals surface area (Å²) in [4.78, 5) is 2.43. The fraction of sp³-hybridized carbons (Fsp3) is 0.0189. The molecule has 0 spiro atoms. The average molecular weight is 741 g/mol. The molecule has 0 bridgehead atoms. The zero-order valence-corrected chi connectivity index (χ0v) is 31.8. The molecule has 0 aliphatic carbocycles. The van der Waals surface area contributed by atoms with E-state index in [0.29, 0.717) is 0 Å². The van der Waals surface area contributed by atoms with Gasteiger partial charge in [-0.15, -0.1) is 0 Å². The zero-order valence-electron chi connectivity index (χ0n) is 31.8. The third-order valence-electron chi connectivity index (χ3n) is 11.8. The van der Waals surface area contributed by atoms with Crippen molar-refractivity contribution in [1.29, 1.82) is 0 Å². The van der Waals surface area contributed by atoms with Gasteiger partial charge in [0.1, 0.15) is 11.2 Å². The highest BCUT2D eigenvalue weighted by Crippen LogP contribution is 2.48. The van der Waals surface area contributed by atoms with E-state index in [4.69, 9.17) is 4.42 Å². The van der Waals surface area contributed by atoms with Gasteiger partial charge in [0.05, 0.1) is 16.7 Å². The summed E-state index contributed by atoms with van der Waals surface area (Å²) in [6, 6.07) is 67.7. The van der Waals surface area contributed by atoms with Crippen LogP contribution in [0.15, 0.2) is 192 Å². The van der Waals surface area contributed by atoms with Crippen LogP contribution in [0.4, 0.5) is 28.4 Å². The SMILES string of the molecule is Cc1ccc(Nc2ccccc2-c2cc(N(c3ccccc3)c3ccccc3)c3c4ccc5ccccc5c4n4c3c2[B]c2cc3oc5ccccc5c3cc2-4)cc1. The molecule has 3 heterocycles. The molecule has 0 atom stereocenters. The average Bonchev–Trinajstić information content (AvgIpc) is 3.82. The summed E-state index contributed by atoms with van der Waals surface area (Å²) < 4.78 is 9.08. The Hall–Kier alpha value is -7.50. The molecule has 1 N–H and O–H groups in total. The van der Waals surface area contributed by atoms with Crippen LogP contribution in [-0.4, -0.2) is 11.8 Å². The lowest BCUT2D eigenvalue weighted by atomic mass is 9.58. The molecule has 1 aliphatic rings. The Morgan fingerprint density at radius 2 is 1.22 bits per heavy atom. The molecule has 0 saturated heterocycles. The number of benzene rings is 9. The van der Waals surface area contributed by atoms with E-state index in [2.05, 4.69) is 211 Å². The summed E-state index contributed by atoms with van der Waals surface area (Å²) in [5, 5.41) is 10.9. The number of furan rings is 1. The first kappa shape index (κ1) is 32.7. The molecule has 0 saturated carbocycles. The number of hydrogen-bond donors (Lipinski definition) is 1. The Morgan fingerprint density at radius 1 is 0.534 bits per heavy atom. The molecule has 4 nitrogen and oxygen atoms in total. The number of para-hydroxylation sites is 4. The number of anilines is 5. The largest absolute Gasteiger partial charge is 0.456 e. The van der Waals surface area contributed by atoms with E-state index in [9.17, 15) is 0 Å². The van der Waals surface area contributed by atoms with Crippen LogP contribution < -0.4 is 21.1 Å². The maximum Gasteiger partial charge on any atom is 0.198 e. The predicted molar refractivity (Wildman–Crippen MR) is 245 cm³/mol. The first-order valence-electron chi connectivity index (χ1n) is 19.8. The lowest BCUT2D eigenvalue weighted by Crippen LogP contribution is -2.37. The lowest BCUT2D eigenvalue weighted by molar-refractivity contribution is 0.669. The van der Waals surface area contributed by atoms with Crippen LogP contribution in [0.2, 0.25) is 0 Å². The molecule has 5 heteroatoms. The van der Waals surface area contributed by atoms with Crippen molar-refractivity contribution < 1.29 is 4.42 Å². The monoisotopic (exact) mass is 740 g/mol. The number of nitrogens with zero attached hydrogens (tertiary/aromatic N) is 2. The van der Waals surface area contributed by atoms with Gasteiger partial charge in [-0.2, -0.15) is 0 Å². The highest BCUT2D eigenvalue weighted by molar-refractivity contribution is 6.74. The number of hydrogen-bond acceptors (Lipinski definition) is 3. The van der Waals surface area contributed by atoms with E-state index < -0.39 is 0 Å². The molecule has 11 aromatic rings. The quantitative estimate of drug-likeness (QED) is 0.172. The molecule has 0 amide bonds. The maximum absolute atomic E-state index is 6.53. The second kappa shape index (κ2) is 12.8. The molecule has 2 aromatic heterocycles.